The van der Waals surface area contributed by atoms with Crippen LogP contribution < -0.4 is 5.09 Å². The zero-order chi connectivity index (χ0) is 13.3. The minimum Gasteiger partial charge on any atom is -0.292 e. The summed E-state index contributed by atoms with van der Waals surface area (Å²) >= 11 is 0. The Morgan fingerprint density at radius 1 is 1.39 bits per heavy atom. The summed E-state index contributed by atoms with van der Waals surface area (Å²) in [6.07, 6.45) is 1.87. The van der Waals surface area contributed by atoms with Gasteiger partial charge in [-0.15, -0.1) is 0 Å². The van der Waals surface area contributed by atoms with E-state index in [1.54, 1.807) is 4.52 Å². The number of nitrogens with zero attached hydrogens (tertiary/aromatic N) is 2. The maximum Gasteiger partial charge on any atom is 0.183 e. The van der Waals surface area contributed by atoms with Gasteiger partial charge >= 0.3 is 0 Å². The summed E-state index contributed by atoms with van der Waals surface area (Å²) in [6, 6.07) is 5.54. The van der Waals surface area contributed by atoms with Gasteiger partial charge in [-0.05, 0) is 25.0 Å². The summed E-state index contributed by atoms with van der Waals surface area (Å²) in [5, 5.41) is 7.43. The predicted octanol–water partition coefficient (Wildman–Crippen LogP) is 2.41. The first-order valence-electron chi connectivity index (χ1n) is 6.03. The molecule has 5 heteroatoms. The van der Waals surface area contributed by atoms with Crippen LogP contribution in [0.2, 0.25) is 0 Å². The first-order chi connectivity index (χ1) is 8.56. The number of carbonyl (C=O) groups excluding carboxylic acids is 1. The zero-order valence-electron chi connectivity index (χ0n) is 10.8. The molecule has 2 rings (SSSR count). The third kappa shape index (κ3) is 2.18. The van der Waals surface area contributed by atoms with Gasteiger partial charge in [-0.25, -0.2) is 4.52 Å². The zero-order valence-corrected chi connectivity index (χ0v) is 12.0. The van der Waals surface area contributed by atoms with Crippen molar-refractivity contribution in [3.05, 3.63) is 35.7 Å². The van der Waals surface area contributed by atoms with Gasteiger partial charge in [-0.3, -0.25) is 9.88 Å². The highest BCUT2D eigenvalue weighted by Gasteiger charge is 2.24. The Kier molecular flexibility index (Phi) is 3.79. The minimum atomic E-state index is -0.235. The fourth-order valence-corrected chi connectivity index (χ4v) is 2.12. The molecule has 0 aliphatic rings. The normalized spacial score (nSPS) is 13.2. The highest BCUT2D eigenvalue weighted by Crippen LogP contribution is 2.24. The highest BCUT2D eigenvalue weighted by molar-refractivity contribution is 7.13. The van der Waals surface area contributed by atoms with E-state index in [2.05, 4.69) is 33.4 Å². The fraction of sp³-hybridized carbons (Fsp3) is 0.385. The van der Waals surface area contributed by atoms with Crippen LogP contribution in [0.25, 0.3) is 5.52 Å². The van der Waals surface area contributed by atoms with Gasteiger partial charge in [-0.2, -0.15) is 5.10 Å². The molecule has 0 spiro atoms. The molecule has 2 atom stereocenters. The minimum absolute atomic E-state index is 0.0786. The molecule has 0 aliphatic carbocycles. The van der Waals surface area contributed by atoms with Gasteiger partial charge in [0, 0.05) is 6.20 Å². The largest absolute Gasteiger partial charge is 0.292 e. The number of fused-ring (bicyclic) bond motifs is 1. The monoisotopic (exact) mass is 263 g/mol. The maximum absolute atomic E-state index is 12.4. The van der Waals surface area contributed by atoms with Crippen LogP contribution in [0.5, 0.6) is 0 Å². The van der Waals surface area contributed by atoms with Crippen molar-refractivity contribution in [3.8, 4) is 0 Å². The van der Waals surface area contributed by atoms with Gasteiger partial charge in [0.05, 0.1) is 22.8 Å². The molecule has 2 heterocycles. The Morgan fingerprint density at radius 2 is 2.11 bits per heavy atom. The molecule has 0 saturated carbocycles. The summed E-state index contributed by atoms with van der Waals surface area (Å²) in [7, 11) is 2.39. The molecule has 96 valence electrons. The van der Waals surface area contributed by atoms with Crippen LogP contribution in [0.1, 0.15) is 42.7 Å². The van der Waals surface area contributed by atoms with Crippen molar-refractivity contribution in [2.75, 3.05) is 0 Å². The number of ketones is 1. The van der Waals surface area contributed by atoms with Crippen molar-refractivity contribution in [3.63, 3.8) is 0 Å². The number of pyridine rings is 1. The third-order valence-corrected chi connectivity index (χ3v) is 3.50. The molecule has 4 nitrogen and oxygen atoms in total. The average molecular weight is 263 g/mol. The Balaban J connectivity index is 2.65. The average Bonchev–Trinajstić information content (AvgIpc) is 2.76. The van der Waals surface area contributed by atoms with Crippen LogP contribution in [-0.2, 0) is 0 Å². The summed E-state index contributed by atoms with van der Waals surface area (Å²) in [5.74, 6) is 0.301. The maximum atomic E-state index is 12.4. The summed E-state index contributed by atoms with van der Waals surface area (Å²) in [5.41, 5.74) is 2.46. The lowest BCUT2D eigenvalue weighted by Gasteiger charge is -2.10. The first-order valence-corrected chi connectivity index (χ1v) is 6.61. The van der Waals surface area contributed by atoms with Crippen LogP contribution in [0.3, 0.4) is 0 Å². The molecule has 1 N–H and O–H groups in total. The lowest BCUT2D eigenvalue weighted by molar-refractivity contribution is 0.0962. The van der Waals surface area contributed by atoms with Crippen LogP contribution >= 0.6 is 9.39 Å². The van der Waals surface area contributed by atoms with Crippen molar-refractivity contribution in [2.45, 2.75) is 32.7 Å². The molecule has 0 aliphatic heterocycles. The van der Waals surface area contributed by atoms with Crippen molar-refractivity contribution in [1.29, 1.82) is 0 Å². The topological polar surface area (TPSA) is 46.4 Å². The number of carbonyl (C=O) groups is 1. The number of nitrogens with one attached hydrogen (secondary N) is 1. The second kappa shape index (κ2) is 5.17. The van der Waals surface area contributed by atoms with Gasteiger partial charge in [0.25, 0.3) is 0 Å². The predicted molar refractivity (Wildman–Crippen MR) is 75.9 cm³/mol. The van der Waals surface area contributed by atoms with E-state index in [0.29, 0.717) is 0 Å². The fourth-order valence-electron chi connectivity index (χ4n) is 1.97. The molecular weight excluding hydrogens is 245 g/mol. The van der Waals surface area contributed by atoms with Crippen LogP contribution in [0.4, 0.5) is 0 Å². The number of hydrogen-bond donors (Lipinski definition) is 1. The number of Topliss-reactive ketones (excluding diaryl/α,β-unsaturated/α-hetero) is 1. The molecular formula is C13H18N3OP. The first kappa shape index (κ1) is 13.2. The van der Waals surface area contributed by atoms with Crippen molar-refractivity contribution >= 4 is 20.7 Å². The van der Waals surface area contributed by atoms with E-state index in [4.69, 9.17) is 0 Å². The van der Waals surface area contributed by atoms with E-state index >= 15 is 0 Å². The number of hydrogen-bond acceptors (Lipinski definition) is 3. The van der Waals surface area contributed by atoms with Crippen molar-refractivity contribution < 1.29 is 4.79 Å². The lowest BCUT2D eigenvalue weighted by atomic mass is 9.98. The number of rotatable bonds is 4. The molecule has 0 bridgehead atoms. The van der Waals surface area contributed by atoms with E-state index in [1.165, 1.54) is 0 Å². The van der Waals surface area contributed by atoms with Gasteiger partial charge in [-0.1, -0.05) is 29.3 Å². The van der Waals surface area contributed by atoms with Crippen LogP contribution in [0, 0.1) is 0 Å². The smallest absolute Gasteiger partial charge is 0.183 e. The summed E-state index contributed by atoms with van der Waals surface area (Å²) < 4.78 is 1.78. The SMILES string of the molecule is CC(NP)C(=O)c1c(C(C)C)nn2ccccc12. The Labute approximate surface area is 109 Å². The van der Waals surface area contributed by atoms with E-state index in [0.717, 1.165) is 16.8 Å². The second-order valence-corrected chi connectivity index (χ2v) is 5.03. The molecule has 2 aromatic rings. The van der Waals surface area contributed by atoms with Crippen LogP contribution in [0.15, 0.2) is 24.4 Å². The summed E-state index contributed by atoms with van der Waals surface area (Å²) in [6.45, 7) is 5.96. The molecule has 2 unspecified atom stereocenters. The molecule has 0 aromatic carbocycles. The van der Waals surface area contributed by atoms with Gasteiger partial charge in [0.15, 0.2) is 5.78 Å². The lowest BCUT2D eigenvalue weighted by Crippen LogP contribution is -2.27. The standard InChI is InChI=1S/C13H18N3OP/c1-8(2)12-11(13(17)9(3)15-18)10-6-4-5-7-16(10)14-12/h4-9,15H,18H2,1-3H3. The van der Waals surface area contributed by atoms with E-state index in [9.17, 15) is 4.79 Å². The van der Waals surface area contributed by atoms with Gasteiger partial charge < -0.3 is 0 Å². The van der Waals surface area contributed by atoms with Gasteiger partial charge in [0.1, 0.15) is 0 Å². The highest BCUT2D eigenvalue weighted by atomic mass is 31.0. The van der Waals surface area contributed by atoms with Crippen molar-refractivity contribution in [2.24, 2.45) is 0 Å². The number of aromatic nitrogens is 2. The quantitative estimate of drug-likeness (QED) is 0.680. The van der Waals surface area contributed by atoms with E-state index < -0.39 is 0 Å². The molecule has 0 fully saturated rings. The molecule has 0 radical (unpaired) electrons. The van der Waals surface area contributed by atoms with E-state index in [1.807, 2.05) is 31.3 Å². The summed E-state index contributed by atoms with van der Waals surface area (Å²) in [4.78, 5) is 12.4. The Morgan fingerprint density at radius 3 is 2.72 bits per heavy atom. The van der Waals surface area contributed by atoms with Gasteiger partial charge in [0.2, 0.25) is 0 Å². The molecule has 0 amide bonds. The Hall–Kier alpha value is -1.25. The second-order valence-electron chi connectivity index (χ2n) is 4.70. The van der Waals surface area contributed by atoms with Crippen LogP contribution in [-0.4, -0.2) is 21.4 Å². The Bertz CT molecular complexity index is 577. The van der Waals surface area contributed by atoms with E-state index in [-0.39, 0.29) is 17.7 Å². The molecule has 2 aromatic heterocycles. The van der Waals surface area contributed by atoms with Crippen molar-refractivity contribution in [1.82, 2.24) is 14.7 Å². The molecule has 0 saturated heterocycles. The third-order valence-electron chi connectivity index (χ3n) is 3.00. The molecule has 18 heavy (non-hydrogen) atoms.